The molecule has 0 unspecified atom stereocenters. The van der Waals surface area contributed by atoms with Crippen LogP contribution >= 0.6 is 0 Å². The standard InChI is InChI=1S/C15H13N3O2/c1-9-4-3-5-12(6-9)18-14-13(10(2)17-18)7-11(8-16-14)15(19)20/h3-8H,1-2H3,(H,19,20). The van der Waals surface area contributed by atoms with Crippen LogP contribution in [0.5, 0.6) is 0 Å². The van der Waals surface area contributed by atoms with Crippen molar-refractivity contribution in [1.29, 1.82) is 0 Å². The second kappa shape index (κ2) is 4.45. The number of benzene rings is 1. The van der Waals surface area contributed by atoms with Crippen molar-refractivity contribution in [3.05, 3.63) is 53.3 Å². The minimum absolute atomic E-state index is 0.171. The topological polar surface area (TPSA) is 68.0 Å². The molecule has 0 saturated heterocycles. The fourth-order valence-electron chi connectivity index (χ4n) is 2.20. The van der Waals surface area contributed by atoms with E-state index in [4.69, 9.17) is 5.11 Å². The summed E-state index contributed by atoms with van der Waals surface area (Å²) in [6, 6.07) is 9.54. The first-order chi connectivity index (χ1) is 9.56. The summed E-state index contributed by atoms with van der Waals surface area (Å²) in [5, 5.41) is 14.2. The van der Waals surface area contributed by atoms with Gasteiger partial charge in [-0.05, 0) is 37.6 Å². The lowest BCUT2D eigenvalue weighted by Crippen LogP contribution is -2.00. The van der Waals surface area contributed by atoms with Gasteiger partial charge in [-0.1, -0.05) is 12.1 Å². The Kier molecular flexibility index (Phi) is 2.75. The lowest BCUT2D eigenvalue weighted by molar-refractivity contribution is 0.0696. The van der Waals surface area contributed by atoms with Crippen molar-refractivity contribution in [2.75, 3.05) is 0 Å². The molecule has 2 heterocycles. The van der Waals surface area contributed by atoms with Crippen molar-refractivity contribution in [2.45, 2.75) is 13.8 Å². The average Bonchev–Trinajstić information content (AvgIpc) is 2.76. The molecule has 3 aromatic rings. The average molecular weight is 267 g/mol. The highest BCUT2D eigenvalue weighted by Crippen LogP contribution is 2.21. The highest BCUT2D eigenvalue weighted by molar-refractivity contribution is 5.92. The van der Waals surface area contributed by atoms with Crippen LogP contribution in [-0.4, -0.2) is 25.8 Å². The summed E-state index contributed by atoms with van der Waals surface area (Å²) in [6.07, 6.45) is 1.36. The molecule has 100 valence electrons. The molecule has 3 rings (SSSR count). The summed E-state index contributed by atoms with van der Waals surface area (Å²) < 4.78 is 1.74. The maximum absolute atomic E-state index is 11.0. The van der Waals surface area contributed by atoms with Crippen molar-refractivity contribution in [3.63, 3.8) is 0 Å². The zero-order valence-corrected chi connectivity index (χ0v) is 11.2. The molecular formula is C15H13N3O2. The van der Waals surface area contributed by atoms with Gasteiger partial charge in [-0.2, -0.15) is 5.10 Å². The molecular weight excluding hydrogens is 254 g/mol. The first kappa shape index (κ1) is 12.3. The van der Waals surface area contributed by atoms with Gasteiger partial charge in [0.1, 0.15) is 0 Å². The Morgan fingerprint density at radius 3 is 2.75 bits per heavy atom. The molecule has 0 radical (unpaired) electrons. The fraction of sp³-hybridized carbons (Fsp3) is 0.133. The van der Waals surface area contributed by atoms with Gasteiger partial charge in [0.05, 0.1) is 16.9 Å². The lowest BCUT2D eigenvalue weighted by atomic mass is 10.2. The van der Waals surface area contributed by atoms with Crippen LogP contribution in [0.1, 0.15) is 21.6 Å². The Bertz CT molecular complexity index is 821. The quantitative estimate of drug-likeness (QED) is 0.775. The first-order valence-corrected chi connectivity index (χ1v) is 6.22. The molecule has 0 aliphatic carbocycles. The summed E-state index contributed by atoms with van der Waals surface area (Å²) in [6.45, 7) is 3.86. The minimum atomic E-state index is -0.984. The highest BCUT2D eigenvalue weighted by atomic mass is 16.4. The predicted molar refractivity (Wildman–Crippen MR) is 75.3 cm³/mol. The number of carboxylic acid groups (broad SMARTS) is 1. The molecule has 20 heavy (non-hydrogen) atoms. The number of nitrogens with zero attached hydrogens (tertiary/aromatic N) is 3. The van der Waals surface area contributed by atoms with Crippen molar-refractivity contribution in [1.82, 2.24) is 14.8 Å². The van der Waals surface area contributed by atoms with Crippen LogP contribution in [0.25, 0.3) is 16.7 Å². The smallest absolute Gasteiger partial charge is 0.337 e. The number of fused-ring (bicyclic) bond motifs is 1. The summed E-state index contributed by atoms with van der Waals surface area (Å²) >= 11 is 0. The molecule has 2 aromatic heterocycles. The molecule has 0 atom stereocenters. The van der Waals surface area contributed by atoms with E-state index in [2.05, 4.69) is 10.1 Å². The molecule has 0 bridgehead atoms. The molecule has 0 aliphatic rings. The Hall–Kier alpha value is -2.69. The Morgan fingerprint density at radius 2 is 2.05 bits per heavy atom. The van der Waals surface area contributed by atoms with E-state index >= 15 is 0 Å². The Morgan fingerprint density at radius 1 is 1.25 bits per heavy atom. The van der Waals surface area contributed by atoms with Crippen molar-refractivity contribution >= 4 is 17.0 Å². The number of aromatic nitrogens is 3. The van der Waals surface area contributed by atoms with Crippen LogP contribution in [0.4, 0.5) is 0 Å². The molecule has 5 heteroatoms. The van der Waals surface area contributed by atoms with Gasteiger partial charge in [0, 0.05) is 11.6 Å². The van der Waals surface area contributed by atoms with Crippen LogP contribution in [-0.2, 0) is 0 Å². The van der Waals surface area contributed by atoms with E-state index in [9.17, 15) is 4.79 Å². The summed E-state index contributed by atoms with van der Waals surface area (Å²) in [7, 11) is 0. The molecule has 1 N–H and O–H groups in total. The van der Waals surface area contributed by atoms with Gasteiger partial charge in [0.2, 0.25) is 0 Å². The summed E-state index contributed by atoms with van der Waals surface area (Å²) in [4.78, 5) is 15.3. The van der Waals surface area contributed by atoms with Gasteiger partial charge in [-0.3, -0.25) is 0 Å². The third kappa shape index (κ3) is 1.93. The van der Waals surface area contributed by atoms with Gasteiger partial charge in [0.15, 0.2) is 5.65 Å². The third-order valence-corrected chi connectivity index (χ3v) is 3.20. The number of aryl methyl sites for hydroxylation is 2. The summed E-state index contributed by atoms with van der Waals surface area (Å²) in [5.74, 6) is -0.984. The Balaban J connectivity index is 2.25. The number of aromatic carboxylic acids is 1. The van der Waals surface area contributed by atoms with Crippen LogP contribution < -0.4 is 0 Å². The molecule has 5 nitrogen and oxygen atoms in total. The van der Waals surface area contributed by atoms with Crippen molar-refractivity contribution < 1.29 is 9.90 Å². The fourth-order valence-corrected chi connectivity index (χ4v) is 2.20. The van der Waals surface area contributed by atoms with E-state index < -0.39 is 5.97 Å². The minimum Gasteiger partial charge on any atom is -0.478 e. The molecule has 0 spiro atoms. The van der Waals surface area contributed by atoms with E-state index in [0.717, 1.165) is 22.3 Å². The first-order valence-electron chi connectivity index (χ1n) is 6.22. The van der Waals surface area contributed by atoms with Crippen LogP contribution in [0.3, 0.4) is 0 Å². The van der Waals surface area contributed by atoms with Gasteiger partial charge >= 0.3 is 5.97 Å². The van der Waals surface area contributed by atoms with Crippen LogP contribution in [0.2, 0.25) is 0 Å². The Labute approximate surface area is 115 Å². The zero-order valence-electron chi connectivity index (χ0n) is 11.2. The number of hydrogen-bond donors (Lipinski definition) is 1. The largest absolute Gasteiger partial charge is 0.478 e. The molecule has 0 fully saturated rings. The van der Waals surface area contributed by atoms with E-state index in [-0.39, 0.29) is 5.56 Å². The number of carbonyl (C=O) groups is 1. The normalized spacial score (nSPS) is 10.9. The maximum atomic E-state index is 11.0. The number of carboxylic acids is 1. The summed E-state index contributed by atoms with van der Waals surface area (Å²) in [5.41, 5.74) is 3.64. The van der Waals surface area contributed by atoms with Gasteiger partial charge in [-0.15, -0.1) is 0 Å². The van der Waals surface area contributed by atoms with Crippen molar-refractivity contribution in [3.8, 4) is 5.69 Å². The molecule has 0 amide bonds. The molecule has 0 aliphatic heterocycles. The van der Waals surface area contributed by atoms with Gasteiger partial charge in [-0.25, -0.2) is 14.5 Å². The third-order valence-electron chi connectivity index (χ3n) is 3.20. The number of pyridine rings is 1. The second-order valence-electron chi connectivity index (χ2n) is 4.74. The van der Waals surface area contributed by atoms with Gasteiger partial charge in [0.25, 0.3) is 0 Å². The molecule has 1 aromatic carbocycles. The van der Waals surface area contributed by atoms with Crippen molar-refractivity contribution in [2.24, 2.45) is 0 Å². The van der Waals surface area contributed by atoms with E-state index in [1.165, 1.54) is 6.20 Å². The van der Waals surface area contributed by atoms with E-state index in [0.29, 0.717) is 5.65 Å². The maximum Gasteiger partial charge on any atom is 0.337 e. The highest BCUT2D eigenvalue weighted by Gasteiger charge is 2.13. The monoisotopic (exact) mass is 267 g/mol. The number of hydrogen-bond acceptors (Lipinski definition) is 3. The van der Waals surface area contributed by atoms with Gasteiger partial charge < -0.3 is 5.11 Å². The van der Waals surface area contributed by atoms with E-state index in [1.807, 2.05) is 38.1 Å². The lowest BCUT2D eigenvalue weighted by Gasteiger charge is -2.03. The second-order valence-corrected chi connectivity index (χ2v) is 4.74. The van der Waals surface area contributed by atoms with Crippen LogP contribution in [0.15, 0.2) is 36.5 Å². The molecule has 0 saturated carbocycles. The zero-order chi connectivity index (χ0) is 14.3. The SMILES string of the molecule is Cc1cccc(-n2nc(C)c3cc(C(=O)O)cnc32)c1. The van der Waals surface area contributed by atoms with E-state index in [1.54, 1.807) is 10.7 Å². The predicted octanol–water partition coefficient (Wildman–Crippen LogP) is 2.74. The number of rotatable bonds is 2. The van der Waals surface area contributed by atoms with Crippen LogP contribution in [0, 0.1) is 13.8 Å².